The van der Waals surface area contributed by atoms with Crippen LogP contribution in [0.5, 0.6) is 0 Å². The SMILES string of the molecule is C#CCN(Cc1ccc(C)cc1)C(=O)CCn1cnc2ccccc2c1=O. The van der Waals surface area contributed by atoms with Crippen LogP contribution in [0, 0.1) is 19.3 Å². The zero-order valence-electron chi connectivity index (χ0n) is 15.3. The van der Waals surface area contributed by atoms with Crippen LogP contribution in [0.3, 0.4) is 0 Å². The molecule has 0 aliphatic rings. The van der Waals surface area contributed by atoms with Crippen LogP contribution in [-0.2, 0) is 17.9 Å². The molecule has 0 saturated carbocycles. The Kier molecular flexibility index (Phi) is 5.68. The van der Waals surface area contributed by atoms with Crippen LogP contribution in [0.4, 0.5) is 0 Å². The van der Waals surface area contributed by atoms with Crippen molar-refractivity contribution >= 4 is 16.8 Å². The van der Waals surface area contributed by atoms with E-state index in [9.17, 15) is 9.59 Å². The summed E-state index contributed by atoms with van der Waals surface area (Å²) in [5.41, 5.74) is 2.69. The van der Waals surface area contributed by atoms with Crippen LogP contribution in [0.25, 0.3) is 10.9 Å². The minimum absolute atomic E-state index is 0.0893. The first-order chi connectivity index (χ1) is 13.1. The van der Waals surface area contributed by atoms with Crippen molar-refractivity contribution in [2.24, 2.45) is 0 Å². The summed E-state index contributed by atoms with van der Waals surface area (Å²) in [6, 6.07) is 15.2. The molecule has 27 heavy (non-hydrogen) atoms. The normalized spacial score (nSPS) is 10.5. The Labute approximate surface area is 158 Å². The van der Waals surface area contributed by atoms with E-state index >= 15 is 0 Å². The highest BCUT2D eigenvalue weighted by atomic mass is 16.2. The zero-order valence-corrected chi connectivity index (χ0v) is 15.3. The zero-order chi connectivity index (χ0) is 19.2. The van der Waals surface area contributed by atoms with Gasteiger partial charge in [-0.05, 0) is 24.6 Å². The van der Waals surface area contributed by atoms with E-state index in [1.165, 1.54) is 10.9 Å². The monoisotopic (exact) mass is 359 g/mol. The first-order valence-electron chi connectivity index (χ1n) is 8.79. The number of aryl methyl sites for hydroxylation is 2. The van der Waals surface area contributed by atoms with E-state index in [1.54, 1.807) is 23.1 Å². The van der Waals surface area contributed by atoms with E-state index in [-0.39, 0.29) is 31.0 Å². The van der Waals surface area contributed by atoms with Crippen molar-refractivity contribution in [2.75, 3.05) is 6.54 Å². The Hall–Kier alpha value is -3.39. The quantitative estimate of drug-likeness (QED) is 0.636. The van der Waals surface area contributed by atoms with E-state index in [1.807, 2.05) is 37.3 Å². The molecule has 0 spiro atoms. The maximum absolute atomic E-state index is 12.6. The molecule has 3 rings (SSSR count). The van der Waals surface area contributed by atoms with Gasteiger partial charge in [0.15, 0.2) is 0 Å². The molecule has 3 aromatic rings. The largest absolute Gasteiger partial charge is 0.327 e. The van der Waals surface area contributed by atoms with Gasteiger partial charge in [-0.15, -0.1) is 6.42 Å². The second-order valence-corrected chi connectivity index (χ2v) is 6.45. The average molecular weight is 359 g/mol. The van der Waals surface area contributed by atoms with Crippen LogP contribution >= 0.6 is 0 Å². The van der Waals surface area contributed by atoms with Gasteiger partial charge in [0.2, 0.25) is 5.91 Å². The Balaban J connectivity index is 1.71. The maximum atomic E-state index is 12.6. The Morgan fingerprint density at radius 2 is 1.93 bits per heavy atom. The number of hydrogen-bond acceptors (Lipinski definition) is 3. The van der Waals surface area contributed by atoms with Crippen molar-refractivity contribution in [1.29, 1.82) is 0 Å². The number of carbonyl (C=O) groups excluding carboxylic acids is 1. The molecule has 0 unspecified atom stereocenters. The van der Waals surface area contributed by atoms with Crippen LogP contribution in [0.1, 0.15) is 17.5 Å². The van der Waals surface area contributed by atoms with Gasteiger partial charge in [-0.25, -0.2) is 4.98 Å². The standard InChI is InChI=1S/C22H21N3O2/c1-3-13-24(15-18-10-8-17(2)9-11-18)21(26)12-14-25-16-23-20-7-5-4-6-19(20)22(25)27/h1,4-11,16H,12-15H2,2H3. The second kappa shape index (κ2) is 8.33. The molecule has 0 aliphatic carbocycles. The summed E-state index contributed by atoms with van der Waals surface area (Å²) in [6.07, 6.45) is 7.11. The molecule has 1 heterocycles. The topological polar surface area (TPSA) is 55.2 Å². The lowest BCUT2D eigenvalue weighted by Gasteiger charge is -2.21. The maximum Gasteiger partial charge on any atom is 0.261 e. The van der Waals surface area contributed by atoms with E-state index in [0.29, 0.717) is 17.4 Å². The van der Waals surface area contributed by atoms with Crippen LogP contribution in [-0.4, -0.2) is 26.9 Å². The van der Waals surface area contributed by atoms with Gasteiger partial charge in [0, 0.05) is 19.5 Å². The van der Waals surface area contributed by atoms with Crippen LogP contribution in [0.2, 0.25) is 0 Å². The van der Waals surface area contributed by atoms with Crippen molar-refractivity contribution in [3.63, 3.8) is 0 Å². The van der Waals surface area contributed by atoms with Crippen LogP contribution in [0.15, 0.2) is 59.7 Å². The molecular formula is C22H21N3O2. The Bertz CT molecular complexity index is 1050. The molecule has 5 nitrogen and oxygen atoms in total. The second-order valence-electron chi connectivity index (χ2n) is 6.45. The molecule has 136 valence electrons. The fourth-order valence-corrected chi connectivity index (χ4v) is 2.90. The van der Waals surface area contributed by atoms with E-state index in [4.69, 9.17) is 6.42 Å². The van der Waals surface area contributed by atoms with Gasteiger partial charge in [-0.2, -0.15) is 0 Å². The van der Waals surface area contributed by atoms with Crippen molar-refractivity contribution in [1.82, 2.24) is 14.5 Å². The number of nitrogens with zero attached hydrogens (tertiary/aromatic N) is 3. The molecule has 0 radical (unpaired) electrons. The van der Waals surface area contributed by atoms with Crippen molar-refractivity contribution in [3.8, 4) is 12.3 Å². The first kappa shape index (κ1) is 18.4. The predicted molar refractivity (Wildman–Crippen MR) is 106 cm³/mol. The molecule has 0 N–H and O–H groups in total. The lowest BCUT2D eigenvalue weighted by molar-refractivity contribution is -0.131. The highest BCUT2D eigenvalue weighted by Crippen LogP contribution is 2.09. The van der Waals surface area contributed by atoms with Gasteiger partial charge in [0.05, 0.1) is 23.8 Å². The molecule has 0 atom stereocenters. The van der Waals surface area contributed by atoms with Crippen molar-refractivity contribution in [2.45, 2.75) is 26.4 Å². The fraction of sp³-hybridized carbons (Fsp3) is 0.227. The van der Waals surface area contributed by atoms with Gasteiger partial charge in [0.25, 0.3) is 5.56 Å². The number of aromatic nitrogens is 2. The highest BCUT2D eigenvalue weighted by Gasteiger charge is 2.14. The number of terminal acetylenes is 1. The molecule has 1 amide bonds. The molecule has 0 fully saturated rings. The van der Waals surface area contributed by atoms with E-state index in [0.717, 1.165) is 11.1 Å². The van der Waals surface area contributed by atoms with Gasteiger partial charge in [0.1, 0.15) is 0 Å². The number of fused-ring (bicyclic) bond motifs is 1. The third-order valence-electron chi connectivity index (χ3n) is 4.43. The van der Waals surface area contributed by atoms with Gasteiger partial charge in [-0.1, -0.05) is 47.9 Å². The Morgan fingerprint density at radius 1 is 1.19 bits per heavy atom. The first-order valence-corrected chi connectivity index (χ1v) is 8.79. The van der Waals surface area contributed by atoms with Gasteiger partial charge < -0.3 is 4.90 Å². The van der Waals surface area contributed by atoms with Crippen molar-refractivity contribution < 1.29 is 4.79 Å². The number of para-hydroxylation sites is 1. The number of carbonyl (C=O) groups is 1. The van der Waals surface area contributed by atoms with E-state index < -0.39 is 0 Å². The highest BCUT2D eigenvalue weighted by molar-refractivity contribution is 5.77. The summed E-state index contributed by atoms with van der Waals surface area (Å²) in [6.45, 7) is 2.97. The van der Waals surface area contributed by atoms with Crippen molar-refractivity contribution in [3.05, 3.63) is 76.3 Å². The van der Waals surface area contributed by atoms with Gasteiger partial charge in [-0.3, -0.25) is 14.2 Å². The molecule has 5 heteroatoms. The van der Waals surface area contributed by atoms with Gasteiger partial charge >= 0.3 is 0 Å². The number of rotatable bonds is 6. The number of hydrogen-bond donors (Lipinski definition) is 0. The number of amides is 1. The number of benzene rings is 2. The van der Waals surface area contributed by atoms with Crippen LogP contribution < -0.4 is 5.56 Å². The smallest absolute Gasteiger partial charge is 0.261 e. The summed E-state index contributed by atoms with van der Waals surface area (Å²) < 4.78 is 1.47. The molecule has 2 aromatic carbocycles. The predicted octanol–water partition coefficient (Wildman–Crippen LogP) is 2.76. The average Bonchev–Trinajstić information content (AvgIpc) is 2.69. The molecular weight excluding hydrogens is 338 g/mol. The summed E-state index contributed by atoms with van der Waals surface area (Å²) >= 11 is 0. The third-order valence-corrected chi connectivity index (χ3v) is 4.43. The summed E-state index contributed by atoms with van der Waals surface area (Å²) in [4.78, 5) is 31.1. The minimum atomic E-state index is -0.143. The molecule has 0 saturated heterocycles. The van der Waals surface area contributed by atoms with E-state index in [2.05, 4.69) is 10.9 Å². The summed E-state index contributed by atoms with van der Waals surface area (Å²) in [7, 11) is 0. The lowest BCUT2D eigenvalue weighted by Crippen LogP contribution is -2.32. The Morgan fingerprint density at radius 3 is 2.67 bits per heavy atom. The molecule has 0 bridgehead atoms. The fourth-order valence-electron chi connectivity index (χ4n) is 2.90. The summed E-state index contributed by atoms with van der Waals surface area (Å²) in [5.74, 6) is 2.45. The minimum Gasteiger partial charge on any atom is -0.327 e. The molecule has 0 aliphatic heterocycles. The summed E-state index contributed by atoms with van der Waals surface area (Å²) in [5, 5.41) is 0.549. The third kappa shape index (κ3) is 4.42. The lowest BCUT2D eigenvalue weighted by atomic mass is 10.1. The molecule has 1 aromatic heterocycles.